The van der Waals surface area contributed by atoms with Crippen molar-refractivity contribution in [2.45, 2.75) is 6.42 Å². The van der Waals surface area contributed by atoms with E-state index in [9.17, 15) is 9.90 Å². The molecule has 0 heterocycles. The third-order valence-corrected chi connectivity index (χ3v) is 2.88. The zero-order valence-corrected chi connectivity index (χ0v) is 12.4. The minimum absolute atomic E-state index is 0.0305. The predicted octanol–water partition coefficient (Wildman–Crippen LogP) is 1.94. The maximum atomic E-state index is 11.8. The van der Waals surface area contributed by atoms with Gasteiger partial charge in [-0.2, -0.15) is 0 Å². The predicted molar refractivity (Wildman–Crippen MR) is 75.5 cm³/mol. The summed E-state index contributed by atoms with van der Waals surface area (Å²) in [6.45, 7) is 2.18. The summed E-state index contributed by atoms with van der Waals surface area (Å²) >= 11 is 3.26. The Balaban J connectivity index is 2.26. The zero-order chi connectivity index (χ0) is 14.1. The first-order valence-corrected chi connectivity index (χ1v) is 6.78. The fraction of sp³-hybridized carbons (Fsp3) is 0.462. The number of aromatic hydroxyl groups is 1. The van der Waals surface area contributed by atoms with Gasteiger partial charge in [-0.3, -0.25) is 4.79 Å². The number of carbonyl (C=O) groups is 1. The van der Waals surface area contributed by atoms with E-state index >= 15 is 0 Å². The van der Waals surface area contributed by atoms with Gasteiger partial charge in [0.2, 0.25) is 0 Å². The van der Waals surface area contributed by atoms with Crippen molar-refractivity contribution >= 4 is 21.8 Å². The Morgan fingerprint density at radius 1 is 1.37 bits per heavy atom. The van der Waals surface area contributed by atoms with Crippen LogP contribution in [0.25, 0.3) is 0 Å². The maximum Gasteiger partial charge on any atom is 0.255 e. The minimum Gasteiger partial charge on any atom is -0.507 e. The van der Waals surface area contributed by atoms with Gasteiger partial charge in [0.05, 0.1) is 18.8 Å². The van der Waals surface area contributed by atoms with Crippen LogP contribution in [0.5, 0.6) is 5.75 Å². The number of hydrogen-bond acceptors (Lipinski definition) is 4. The summed E-state index contributed by atoms with van der Waals surface area (Å²) in [7, 11) is 1.62. The van der Waals surface area contributed by atoms with Crippen molar-refractivity contribution in [2.75, 3.05) is 33.5 Å². The van der Waals surface area contributed by atoms with Crippen molar-refractivity contribution in [2.24, 2.45) is 0 Å². The first kappa shape index (κ1) is 15.9. The van der Waals surface area contributed by atoms with E-state index in [0.29, 0.717) is 32.8 Å². The molecule has 1 aromatic rings. The lowest BCUT2D eigenvalue weighted by Crippen LogP contribution is -2.25. The van der Waals surface area contributed by atoms with Gasteiger partial charge >= 0.3 is 0 Å². The number of benzene rings is 1. The maximum absolute atomic E-state index is 11.8. The van der Waals surface area contributed by atoms with Crippen LogP contribution in [-0.4, -0.2) is 44.5 Å². The minimum atomic E-state index is -0.296. The smallest absolute Gasteiger partial charge is 0.255 e. The summed E-state index contributed by atoms with van der Waals surface area (Å²) in [5, 5.41) is 12.3. The third-order valence-electron chi connectivity index (χ3n) is 2.39. The van der Waals surface area contributed by atoms with E-state index in [1.807, 2.05) is 0 Å². The van der Waals surface area contributed by atoms with Crippen LogP contribution in [0.15, 0.2) is 22.7 Å². The number of methoxy groups -OCH3 is 1. The quantitative estimate of drug-likeness (QED) is 0.714. The van der Waals surface area contributed by atoms with Gasteiger partial charge in [-0.05, 0) is 24.6 Å². The van der Waals surface area contributed by atoms with Gasteiger partial charge in [-0.25, -0.2) is 0 Å². The van der Waals surface area contributed by atoms with Gasteiger partial charge < -0.3 is 19.9 Å². The molecule has 0 saturated heterocycles. The molecular formula is C13H18BrNO4. The van der Waals surface area contributed by atoms with Crippen LogP contribution in [0, 0.1) is 0 Å². The highest BCUT2D eigenvalue weighted by Crippen LogP contribution is 2.21. The highest BCUT2D eigenvalue weighted by molar-refractivity contribution is 9.10. The monoisotopic (exact) mass is 331 g/mol. The largest absolute Gasteiger partial charge is 0.507 e. The molecule has 19 heavy (non-hydrogen) atoms. The van der Waals surface area contributed by atoms with Crippen LogP contribution in [0.3, 0.4) is 0 Å². The first-order valence-electron chi connectivity index (χ1n) is 5.98. The number of rotatable bonds is 8. The fourth-order valence-corrected chi connectivity index (χ4v) is 1.77. The van der Waals surface area contributed by atoms with Crippen molar-refractivity contribution in [3.05, 3.63) is 28.2 Å². The van der Waals surface area contributed by atoms with Gasteiger partial charge in [-0.1, -0.05) is 15.9 Å². The summed E-state index contributed by atoms with van der Waals surface area (Å²) in [6.07, 6.45) is 0.713. The van der Waals surface area contributed by atoms with Gasteiger partial charge in [-0.15, -0.1) is 0 Å². The summed E-state index contributed by atoms with van der Waals surface area (Å²) in [5.41, 5.74) is 0.259. The van der Waals surface area contributed by atoms with Crippen LogP contribution in [0.1, 0.15) is 16.8 Å². The summed E-state index contributed by atoms with van der Waals surface area (Å²) in [6, 6.07) is 4.74. The van der Waals surface area contributed by atoms with Crippen LogP contribution in [-0.2, 0) is 9.47 Å². The van der Waals surface area contributed by atoms with Crippen molar-refractivity contribution in [3.63, 3.8) is 0 Å². The Bertz CT molecular complexity index is 412. The van der Waals surface area contributed by atoms with E-state index in [1.165, 1.54) is 6.07 Å². The molecule has 106 valence electrons. The molecule has 5 nitrogen and oxygen atoms in total. The van der Waals surface area contributed by atoms with Gasteiger partial charge in [0.15, 0.2) is 0 Å². The molecule has 0 saturated carbocycles. The average Bonchev–Trinajstić information content (AvgIpc) is 2.40. The van der Waals surface area contributed by atoms with Gasteiger partial charge in [0, 0.05) is 24.7 Å². The van der Waals surface area contributed by atoms with Crippen LogP contribution in [0.4, 0.5) is 0 Å². The van der Waals surface area contributed by atoms with E-state index in [1.54, 1.807) is 19.2 Å². The number of phenolic OH excluding ortho intramolecular Hbond substituents is 1. The Morgan fingerprint density at radius 2 is 2.16 bits per heavy atom. The molecule has 0 spiro atoms. The third kappa shape index (κ3) is 6.04. The summed E-state index contributed by atoms with van der Waals surface area (Å²) in [5.74, 6) is -0.326. The first-order chi connectivity index (χ1) is 9.15. The van der Waals surface area contributed by atoms with Crippen LogP contribution >= 0.6 is 15.9 Å². The van der Waals surface area contributed by atoms with Gasteiger partial charge in [0.1, 0.15) is 5.75 Å². The van der Waals surface area contributed by atoms with Crippen molar-refractivity contribution in [1.82, 2.24) is 5.32 Å². The molecule has 0 fully saturated rings. The molecule has 0 atom stereocenters. The molecule has 0 aliphatic rings. The number of phenols is 1. The highest BCUT2D eigenvalue weighted by atomic mass is 79.9. The van der Waals surface area contributed by atoms with Crippen LogP contribution < -0.4 is 5.32 Å². The normalized spacial score (nSPS) is 10.4. The molecular weight excluding hydrogens is 314 g/mol. The standard InChI is InChI=1S/C13H18BrNO4/c1-18-7-8-19-6-2-5-15-13(17)11-9-10(14)3-4-12(11)16/h3-4,9,16H,2,5-8H2,1H3,(H,15,17). The molecule has 2 N–H and O–H groups in total. The molecule has 0 unspecified atom stereocenters. The molecule has 0 aliphatic carbocycles. The molecule has 1 rings (SSSR count). The SMILES string of the molecule is COCCOCCCNC(=O)c1cc(Br)ccc1O. The van der Waals surface area contributed by atoms with E-state index in [-0.39, 0.29) is 17.2 Å². The molecule has 0 bridgehead atoms. The van der Waals surface area contributed by atoms with Gasteiger partial charge in [0.25, 0.3) is 5.91 Å². The lowest BCUT2D eigenvalue weighted by molar-refractivity contribution is 0.0688. The van der Waals surface area contributed by atoms with Crippen molar-refractivity contribution < 1.29 is 19.4 Å². The summed E-state index contributed by atoms with van der Waals surface area (Å²) in [4.78, 5) is 11.8. The fourth-order valence-electron chi connectivity index (χ4n) is 1.41. The lowest BCUT2D eigenvalue weighted by Gasteiger charge is -2.07. The van der Waals surface area contributed by atoms with E-state index in [2.05, 4.69) is 21.2 Å². The van der Waals surface area contributed by atoms with Crippen molar-refractivity contribution in [3.8, 4) is 5.75 Å². The number of ether oxygens (including phenoxy) is 2. The van der Waals surface area contributed by atoms with Crippen molar-refractivity contribution in [1.29, 1.82) is 0 Å². The Hall–Kier alpha value is -1.11. The molecule has 1 aromatic carbocycles. The Labute approximate surface area is 121 Å². The van der Waals surface area contributed by atoms with E-state index in [0.717, 1.165) is 4.47 Å². The lowest BCUT2D eigenvalue weighted by atomic mass is 10.2. The number of halogens is 1. The second kappa shape index (κ2) is 8.90. The Morgan fingerprint density at radius 3 is 2.89 bits per heavy atom. The number of nitrogens with one attached hydrogen (secondary N) is 1. The zero-order valence-electron chi connectivity index (χ0n) is 10.8. The topological polar surface area (TPSA) is 67.8 Å². The van der Waals surface area contributed by atoms with E-state index in [4.69, 9.17) is 9.47 Å². The highest BCUT2D eigenvalue weighted by Gasteiger charge is 2.10. The summed E-state index contributed by atoms with van der Waals surface area (Å²) < 4.78 is 10.9. The number of hydrogen-bond donors (Lipinski definition) is 2. The molecule has 0 aliphatic heterocycles. The molecule has 6 heteroatoms. The Kier molecular flexibility index (Phi) is 7.47. The second-order valence-electron chi connectivity index (χ2n) is 3.88. The molecule has 0 aromatic heterocycles. The average molecular weight is 332 g/mol. The number of carbonyl (C=O) groups excluding carboxylic acids is 1. The molecule has 0 radical (unpaired) electrons. The number of amides is 1. The van der Waals surface area contributed by atoms with Crippen LogP contribution in [0.2, 0.25) is 0 Å². The molecule has 1 amide bonds. The van der Waals surface area contributed by atoms with E-state index < -0.39 is 0 Å². The second-order valence-corrected chi connectivity index (χ2v) is 4.79.